The van der Waals surface area contributed by atoms with Gasteiger partial charge < -0.3 is 16.0 Å². The van der Waals surface area contributed by atoms with Crippen molar-refractivity contribution in [2.75, 3.05) is 44.6 Å². The van der Waals surface area contributed by atoms with Crippen LogP contribution in [0.15, 0.2) is 72.8 Å². The second-order valence-electron chi connectivity index (χ2n) is 8.44. The van der Waals surface area contributed by atoms with E-state index in [1.54, 1.807) is 0 Å². The van der Waals surface area contributed by atoms with Gasteiger partial charge in [-0.15, -0.1) is 0 Å². The molecule has 0 radical (unpaired) electrons. The van der Waals surface area contributed by atoms with Crippen molar-refractivity contribution in [3.8, 4) is 0 Å². The fourth-order valence-electron chi connectivity index (χ4n) is 4.51. The summed E-state index contributed by atoms with van der Waals surface area (Å²) in [5.41, 5.74) is 3.47. The van der Waals surface area contributed by atoms with Crippen LogP contribution in [0.3, 0.4) is 0 Å². The van der Waals surface area contributed by atoms with Crippen LogP contribution in [0, 0.1) is 0 Å². The smallest absolute Gasteiger partial charge is 0.0545 e. The van der Waals surface area contributed by atoms with Crippen molar-refractivity contribution in [3.63, 3.8) is 0 Å². The number of hydrogen-bond acceptors (Lipinski definition) is 5. The molecule has 0 saturated carbocycles. The zero-order valence-corrected chi connectivity index (χ0v) is 18.5. The molecule has 5 nitrogen and oxygen atoms in total. The van der Waals surface area contributed by atoms with E-state index >= 15 is 0 Å². The van der Waals surface area contributed by atoms with Gasteiger partial charge in [0.05, 0.1) is 11.4 Å². The van der Waals surface area contributed by atoms with Crippen LogP contribution in [0.1, 0.15) is 11.4 Å². The van der Waals surface area contributed by atoms with Crippen LogP contribution in [-0.2, 0) is 13.1 Å². The van der Waals surface area contributed by atoms with Gasteiger partial charge >= 0.3 is 0 Å². The number of nitrogens with one attached hydrogen (secondary N) is 3. The van der Waals surface area contributed by atoms with Gasteiger partial charge in [-0.05, 0) is 29.0 Å². The minimum atomic E-state index is 0.821. The molecule has 32 heavy (non-hydrogen) atoms. The van der Waals surface area contributed by atoms with Crippen LogP contribution in [0.4, 0.5) is 5.69 Å². The van der Waals surface area contributed by atoms with Gasteiger partial charge in [-0.1, -0.05) is 54.6 Å². The van der Waals surface area contributed by atoms with Gasteiger partial charge in [-0.2, -0.15) is 0 Å². The Labute approximate surface area is 189 Å². The summed E-state index contributed by atoms with van der Waals surface area (Å²) in [7, 11) is 0. The molecule has 3 N–H and O–H groups in total. The summed E-state index contributed by atoms with van der Waals surface area (Å²) >= 11 is 0. The molecule has 0 spiro atoms. The maximum Gasteiger partial charge on any atom is 0.0545 e. The molecule has 3 aromatic carbocycles. The van der Waals surface area contributed by atoms with Crippen molar-refractivity contribution in [1.29, 1.82) is 0 Å². The van der Waals surface area contributed by atoms with E-state index in [1.807, 2.05) is 0 Å². The third kappa shape index (κ3) is 4.91. The summed E-state index contributed by atoms with van der Waals surface area (Å²) in [5.74, 6) is 0. The average Bonchev–Trinajstić information content (AvgIpc) is 2.83. The largest absolute Gasteiger partial charge is 0.383 e. The summed E-state index contributed by atoms with van der Waals surface area (Å²) in [4.78, 5) is 7.24. The van der Waals surface area contributed by atoms with Gasteiger partial charge in [0.1, 0.15) is 0 Å². The number of fused-ring (bicyclic) bond motifs is 4. The predicted molar refractivity (Wildman–Crippen MR) is 134 cm³/mol. The molecule has 0 atom stereocenters. The van der Waals surface area contributed by atoms with Crippen molar-refractivity contribution >= 4 is 27.2 Å². The molecule has 4 aromatic rings. The third-order valence-corrected chi connectivity index (χ3v) is 6.19. The van der Waals surface area contributed by atoms with Crippen molar-refractivity contribution in [2.24, 2.45) is 0 Å². The highest BCUT2D eigenvalue weighted by molar-refractivity contribution is 6.10. The lowest BCUT2D eigenvalue weighted by molar-refractivity contribution is 0.280. The Morgan fingerprint density at radius 2 is 1.34 bits per heavy atom. The maximum atomic E-state index is 4.71. The molecule has 5 heteroatoms. The Morgan fingerprint density at radius 3 is 1.97 bits per heavy atom. The van der Waals surface area contributed by atoms with E-state index in [1.165, 1.54) is 27.2 Å². The number of nitrogens with zero attached hydrogens (tertiary/aromatic N) is 2. The fourth-order valence-corrected chi connectivity index (χ4v) is 4.51. The first kappa shape index (κ1) is 20.9. The molecule has 1 aromatic heterocycles. The summed E-state index contributed by atoms with van der Waals surface area (Å²) in [6.45, 7) is 7.54. The average molecular weight is 426 g/mol. The van der Waals surface area contributed by atoms with Crippen molar-refractivity contribution in [3.05, 3.63) is 84.2 Å². The lowest BCUT2D eigenvalue weighted by Crippen LogP contribution is -2.39. The lowest BCUT2D eigenvalue weighted by atomic mass is 10.0. The monoisotopic (exact) mass is 425 g/mol. The first-order chi connectivity index (χ1) is 15.9. The first-order valence-electron chi connectivity index (χ1n) is 11.6. The second kappa shape index (κ2) is 10.1. The molecule has 5 rings (SSSR count). The molecule has 164 valence electrons. The molecular formula is C27H31N5. The maximum absolute atomic E-state index is 4.71. The highest BCUT2D eigenvalue weighted by atomic mass is 15.2. The molecule has 0 aliphatic carbocycles. The zero-order chi connectivity index (χ0) is 21.6. The first-order valence-corrected chi connectivity index (χ1v) is 11.6. The van der Waals surface area contributed by atoms with Crippen molar-refractivity contribution in [2.45, 2.75) is 13.1 Å². The van der Waals surface area contributed by atoms with Crippen LogP contribution in [-0.4, -0.2) is 49.2 Å². The van der Waals surface area contributed by atoms with Crippen LogP contribution >= 0.6 is 0 Å². The van der Waals surface area contributed by atoms with E-state index in [4.69, 9.17) is 4.98 Å². The Morgan fingerprint density at radius 1 is 0.750 bits per heavy atom. The van der Waals surface area contributed by atoms with Crippen LogP contribution in [0.5, 0.6) is 0 Å². The molecular weight excluding hydrogens is 394 g/mol. The molecule has 0 fully saturated rings. The summed E-state index contributed by atoms with van der Waals surface area (Å²) in [6.07, 6.45) is 0. The number of benzene rings is 3. The molecule has 2 bridgehead atoms. The van der Waals surface area contributed by atoms with Gasteiger partial charge in [-0.25, -0.2) is 0 Å². The van der Waals surface area contributed by atoms with E-state index in [9.17, 15) is 0 Å². The molecule has 1 aliphatic rings. The standard InChI is InChI=1S/C27H31N5/c1-3-10-25-21(6-1)18-22-7-2-4-11-26(22)27(25)30-14-17-32-15-12-28-19-23-8-5-9-24(31-23)20-29-13-16-32/h1-11,18,28-30H,12-17,19-20H2. The number of pyridine rings is 1. The molecule has 2 heterocycles. The summed E-state index contributed by atoms with van der Waals surface area (Å²) in [6, 6.07) is 25.9. The quantitative estimate of drug-likeness (QED) is 0.432. The van der Waals surface area contributed by atoms with E-state index < -0.39 is 0 Å². The summed E-state index contributed by atoms with van der Waals surface area (Å²) in [5, 5.41) is 16.0. The van der Waals surface area contributed by atoms with Crippen molar-refractivity contribution in [1.82, 2.24) is 20.5 Å². The van der Waals surface area contributed by atoms with Gasteiger partial charge in [0.15, 0.2) is 0 Å². The van der Waals surface area contributed by atoms with Gasteiger partial charge in [0, 0.05) is 68.8 Å². The highest BCUT2D eigenvalue weighted by Crippen LogP contribution is 2.32. The zero-order valence-electron chi connectivity index (χ0n) is 18.5. The van der Waals surface area contributed by atoms with Crippen LogP contribution < -0.4 is 16.0 Å². The minimum absolute atomic E-state index is 0.821. The molecule has 0 saturated heterocycles. The Kier molecular flexibility index (Phi) is 6.58. The second-order valence-corrected chi connectivity index (χ2v) is 8.44. The molecule has 0 unspecified atom stereocenters. The van der Waals surface area contributed by atoms with Crippen LogP contribution in [0.25, 0.3) is 21.5 Å². The Hall–Kier alpha value is -2.99. The molecule has 0 amide bonds. The predicted octanol–water partition coefficient (Wildman–Crippen LogP) is 3.99. The number of rotatable bonds is 4. The van der Waals surface area contributed by atoms with Gasteiger partial charge in [-0.3, -0.25) is 9.88 Å². The Bertz CT molecular complexity index is 1110. The number of hydrogen-bond donors (Lipinski definition) is 3. The third-order valence-electron chi connectivity index (χ3n) is 6.19. The van der Waals surface area contributed by atoms with Gasteiger partial charge in [0.25, 0.3) is 0 Å². The van der Waals surface area contributed by atoms with Crippen molar-refractivity contribution < 1.29 is 0 Å². The fraction of sp³-hybridized carbons (Fsp3) is 0.296. The topological polar surface area (TPSA) is 52.2 Å². The SMILES string of the molecule is c1cc2nc(c1)CNCCN(CCNc1c3ccccc3cc3ccccc13)CCNC2. The molecule has 1 aliphatic heterocycles. The number of anilines is 1. The minimum Gasteiger partial charge on any atom is -0.383 e. The van der Waals surface area contributed by atoms with Gasteiger partial charge in [0.2, 0.25) is 0 Å². The van der Waals surface area contributed by atoms with E-state index in [0.717, 1.165) is 63.7 Å². The normalized spacial score (nSPS) is 15.9. The summed E-state index contributed by atoms with van der Waals surface area (Å²) < 4.78 is 0. The van der Waals surface area contributed by atoms with E-state index in [2.05, 4.69) is 93.6 Å². The van der Waals surface area contributed by atoms with E-state index in [0.29, 0.717) is 0 Å². The number of aromatic nitrogens is 1. The lowest BCUT2D eigenvalue weighted by Gasteiger charge is -2.24. The Balaban J connectivity index is 1.26. The van der Waals surface area contributed by atoms with E-state index in [-0.39, 0.29) is 0 Å². The highest BCUT2D eigenvalue weighted by Gasteiger charge is 2.10. The van der Waals surface area contributed by atoms with Crippen LogP contribution in [0.2, 0.25) is 0 Å².